The van der Waals surface area contributed by atoms with Crippen LogP contribution in [0.25, 0.3) is 0 Å². The van der Waals surface area contributed by atoms with Crippen LogP contribution in [0.1, 0.15) is 17.0 Å². The van der Waals surface area contributed by atoms with Gasteiger partial charge in [0.05, 0.1) is 24.8 Å². The number of aryl methyl sites for hydroxylation is 1. The van der Waals surface area contributed by atoms with Gasteiger partial charge in [0.15, 0.2) is 0 Å². The van der Waals surface area contributed by atoms with Crippen LogP contribution in [0.5, 0.6) is 0 Å². The van der Waals surface area contributed by atoms with Gasteiger partial charge in [0.2, 0.25) is 0 Å². The number of ether oxygens (including phenoxy) is 1. The zero-order valence-corrected chi connectivity index (χ0v) is 8.76. The number of halogens is 3. The number of nitrogens with zero attached hydrogens (tertiary/aromatic N) is 1. The molecule has 0 saturated heterocycles. The van der Waals surface area contributed by atoms with E-state index in [1.54, 1.807) is 0 Å². The molecule has 1 rings (SSSR count). The van der Waals surface area contributed by atoms with Crippen LogP contribution in [0, 0.1) is 6.92 Å². The largest absolute Gasteiger partial charge is 0.469 e. The van der Waals surface area contributed by atoms with Crippen LogP contribution in [0.2, 0.25) is 0 Å². The fourth-order valence-corrected chi connectivity index (χ4v) is 1.21. The first-order chi connectivity index (χ1) is 7.32. The minimum atomic E-state index is -4.43. The van der Waals surface area contributed by atoms with Gasteiger partial charge in [-0.1, -0.05) is 0 Å². The molecule has 0 aromatic carbocycles. The molecule has 6 heteroatoms. The van der Waals surface area contributed by atoms with Crippen LogP contribution in [0.3, 0.4) is 0 Å². The molecule has 1 aromatic heterocycles. The molecule has 0 radical (unpaired) electrons. The van der Waals surface area contributed by atoms with Crippen molar-refractivity contribution in [3.63, 3.8) is 0 Å². The van der Waals surface area contributed by atoms with Crippen molar-refractivity contribution in [3.8, 4) is 0 Å². The van der Waals surface area contributed by atoms with E-state index in [0.717, 1.165) is 12.1 Å². The average Bonchev–Trinajstić information content (AvgIpc) is 2.15. The summed E-state index contributed by atoms with van der Waals surface area (Å²) in [5.41, 5.74) is -0.535. The van der Waals surface area contributed by atoms with E-state index in [1.807, 2.05) is 0 Å². The van der Waals surface area contributed by atoms with Gasteiger partial charge < -0.3 is 4.74 Å². The number of rotatable bonds is 2. The number of hydrogen-bond acceptors (Lipinski definition) is 3. The van der Waals surface area contributed by atoms with Crippen LogP contribution in [-0.4, -0.2) is 18.1 Å². The van der Waals surface area contributed by atoms with Crippen LogP contribution >= 0.6 is 0 Å². The summed E-state index contributed by atoms with van der Waals surface area (Å²) in [5.74, 6) is -0.619. The van der Waals surface area contributed by atoms with Gasteiger partial charge >= 0.3 is 12.1 Å². The molecule has 88 valence electrons. The summed E-state index contributed by atoms with van der Waals surface area (Å²) >= 11 is 0. The second-order valence-electron chi connectivity index (χ2n) is 3.24. The molecule has 0 spiro atoms. The molecule has 1 heterocycles. The second kappa shape index (κ2) is 4.51. The highest BCUT2D eigenvalue weighted by molar-refractivity contribution is 5.71. The third kappa shape index (κ3) is 3.22. The molecule has 0 aliphatic rings. The number of esters is 1. The predicted octanol–water partition coefficient (Wildman–Crippen LogP) is 2.12. The number of pyridine rings is 1. The van der Waals surface area contributed by atoms with Crippen molar-refractivity contribution >= 4 is 5.97 Å². The number of alkyl halides is 3. The molecule has 0 aliphatic carbocycles. The minimum Gasteiger partial charge on any atom is -0.469 e. The Kier molecular flexibility index (Phi) is 3.51. The first kappa shape index (κ1) is 12.5. The second-order valence-corrected chi connectivity index (χ2v) is 3.24. The molecular weight excluding hydrogens is 223 g/mol. The highest BCUT2D eigenvalue weighted by atomic mass is 19.4. The van der Waals surface area contributed by atoms with Crippen molar-refractivity contribution in [3.05, 3.63) is 29.1 Å². The van der Waals surface area contributed by atoms with Crippen LogP contribution in [0.4, 0.5) is 13.2 Å². The Bertz CT molecular complexity index is 402. The number of carbonyl (C=O) groups is 1. The molecule has 0 atom stereocenters. The van der Waals surface area contributed by atoms with Gasteiger partial charge in [0.25, 0.3) is 0 Å². The van der Waals surface area contributed by atoms with E-state index >= 15 is 0 Å². The topological polar surface area (TPSA) is 39.2 Å². The lowest BCUT2D eigenvalue weighted by Crippen LogP contribution is -2.11. The molecule has 3 nitrogen and oxygen atoms in total. The third-order valence-corrected chi connectivity index (χ3v) is 1.89. The molecule has 0 bridgehead atoms. The Morgan fingerprint density at radius 1 is 1.44 bits per heavy atom. The van der Waals surface area contributed by atoms with E-state index in [9.17, 15) is 18.0 Å². The van der Waals surface area contributed by atoms with Gasteiger partial charge in [-0.05, 0) is 19.1 Å². The highest BCUT2D eigenvalue weighted by Gasteiger charge is 2.31. The van der Waals surface area contributed by atoms with Gasteiger partial charge in [-0.3, -0.25) is 9.78 Å². The minimum absolute atomic E-state index is 0.0548. The van der Waals surface area contributed by atoms with Gasteiger partial charge in [-0.25, -0.2) is 0 Å². The van der Waals surface area contributed by atoms with Crippen molar-refractivity contribution in [2.75, 3.05) is 7.11 Å². The molecule has 0 amide bonds. The SMILES string of the molecule is COC(=O)Cc1cc(C(F)(F)F)cc(C)n1. The normalized spacial score (nSPS) is 11.3. The Morgan fingerprint density at radius 3 is 2.56 bits per heavy atom. The fourth-order valence-electron chi connectivity index (χ4n) is 1.21. The number of aromatic nitrogens is 1. The van der Waals surface area contributed by atoms with Gasteiger partial charge in [-0.15, -0.1) is 0 Å². The van der Waals surface area contributed by atoms with Crippen molar-refractivity contribution in [2.24, 2.45) is 0 Å². The van der Waals surface area contributed by atoms with E-state index < -0.39 is 17.7 Å². The summed E-state index contributed by atoms with van der Waals surface area (Å²) in [6, 6.07) is 1.78. The quantitative estimate of drug-likeness (QED) is 0.734. The summed E-state index contributed by atoms with van der Waals surface area (Å²) in [7, 11) is 1.17. The molecule has 0 saturated carbocycles. The number of carbonyl (C=O) groups excluding carboxylic acids is 1. The Morgan fingerprint density at radius 2 is 2.06 bits per heavy atom. The van der Waals surface area contributed by atoms with Crippen molar-refractivity contribution in [1.82, 2.24) is 4.98 Å². The number of hydrogen-bond donors (Lipinski definition) is 0. The summed E-state index contributed by atoms with van der Waals surface area (Å²) < 4.78 is 41.6. The summed E-state index contributed by atoms with van der Waals surface area (Å²) in [4.78, 5) is 14.7. The van der Waals surface area contributed by atoms with Gasteiger partial charge in [0.1, 0.15) is 0 Å². The van der Waals surface area contributed by atoms with Crippen LogP contribution in [0.15, 0.2) is 12.1 Å². The van der Waals surface area contributed by atoms with E-state index in [1.165, 1.54) is 14.0 Å². The summed E-state index contributed by atoms with van der Waals surface area (Å²) in [6.45, 7) is 1.44. The molecule has 0 N–H and O–H groups in total. The molecule has 0 aliphatic heterocycles. The van der Waals surface area contributed by atoms with E-state index in [-0.39, 0.29) is 17.8 Å². The zero-order valence-electron chi connectivity index (χ0n) is 8.76. The van der Waals surface area contributed by atoms with Crippen LogP contribution < -0.4 is 0 Å². The van der Waals surface area contributed by atoms with Crippen molar-refractivity contribution in [1.29, 1.82) is 0 Å². The molecule has 1 aromatic rings. The first-order valence-corrected chi connectivity index (χ1v) is 4.44. The Hall–Kier alpha value is -1.59. The predicted molar refractivity (Wildman–Crippen MR) is 49.7 cm³/mol. The lowest BCUT2D eigenvalue weighted by atomic mass is 10.1. The molecule has 0 unspecified atom stereocenters. The van der Waals surface area contributed by atoms with E-state index in [4.69, 9.17) is 0 Å². The Labute approximate surface area is 90.2 Å². The monoisotopic (exact) mass is 233 g/mol. The standard InChI is InChI=1S/C10H10F3NO2/c1-6-3-7(10(11,12)13)4-8(14-6)5-9(15)16-2/h3-4H,5H2,1-2H3. The first-order valence-electron chi connectivity index (χ1n) is 4.44. The van der Waals surface area contributed by atoms with Gasteiger partial charge in [0, 0.05) is 5.69 Å². The van der Waals surface area contributed by atoms with Crippen molar-refractivity contribution in [2.45, 2.75) is 19.5 Å². The Balaban J connectivity index is 3.04. The maximum Gasteiger partial charge on any atom is 0.416 e. The summed E-state index contributed by atoms with van der Waals surface area (Å²) in [5, 5.41) is 0. The maximum absolute atomic E-state index is 12.4. The maximum atomic E-state index is 12.4. The summed E-state index contributed by atoms with van der Waals surface area (Å²) in [6.07, 6.45) is -4.69. The average molecular weight is 233 g/mol. The smallest absolute Gasteiger partial charge is 0.416 e. The lowest BCUT2D eigenvalue weighted by molar-refractivity contribution is -0.140. The molecular formula is C10H10F3NO2. The molecule has 16 heavy (non-hydrogen) atoms. The third-order valence-electron chi connectivity index (χ3n) is 1.89. The lowest BCUT2D eigenvalue weighted by Gasteiger charge is -2.09. The van der Waals surface area contributed by atoms with Crippen molar-refractivity contribution < 1.29 is 22.7 Å². The van der Waals surface area contributed by atoms with E-state index in [0.29, 0.717) is 0 Å². The molecule has 0 fully saturated rings. The highest BCUT2D eigenvalue weighted by Crippen LogP contribution is 2.29. The number of methoxy groups -OCH3 is 1. The van der Waals surface area contributed by atoms with Crippen LogP contribution in [-0.2, 0) is 22.1 Å². The zero-order chi connectivity index (χ0) is 12.3. The van der Waals surface area contributed by atoms with Gasteiger partial charge in [-0.2, -0.15) is 13.2 Å². The fraction of sp³-hybridized carbons (Fsp3) is 0.400. The van der Waals surface area contributed by atoms with E-state index in [2.05, 4.69) is 9.72 Å².